The summed E-state index contributed by atoms with van der Waals surface area (Å²) >= 11 is 6.03. The molecule has 1 saturated carbocycles. The Bertz CT molecular complexity index is 380. The van der Waals surface area contributed by atoms with Crippen LogP contribution in [0.25, 0.3) is 0 Å². The van der Waals surface area contributed by atoms with Crippen LogP contribution in [-0.4, -0.2) is 30.4 Å². The molecule has 0 radical (unpaired) electrons. The van der Waals surface area contributed by atoms with E-state index in [0.29, 0.717) is 30.8 Å². The van der Waals surface area contributed by atoms with Crippen molar-refractivity contribution in [3.63, 3.8) is 0 Å². The fourth-order valence-corrected chi connectivity index (χ4v) is 2.60. The summed E-state index contributed by atoms with van der Waals surface area (Å²) in [6, 6.07) is 8.19. The number of aliphatic hydroxyl groups excluding tert-OH is 1. The van der Waals surface area contributed by atoms with E-state index < -0.39 is 6.10 Å². The first kappa shape index (κ1) is 14.8. The second-order valence-electron chi connectivity index (χ2n) is 5.15. The van der Waals surface area contributed by atoms with E-state index in [4.69, 9.17) is 16.3 Å². The third kappa shape index (κ3) is 5.11. The van der Waals surface area contributed by atoms with Crippen molar-refractivity contribution in [2.75, 3.05) is 13.2 Å². The molecule has 0 saturated heterocycles. The van der Waals surface area contributed by atoms with Crippen LogP contribution in [0.15, 0.2) is 24.3 Å². The molecule has 1 fully saturated rings. The molecule has 1 unspecified atom stereocenters. The van der Waals surface area contributed by atoms with Crippen LogP contribution in [0, 0.1) is 0 Å². The third-order valence-electron chi connectivity index (χ3n) is 3.52. The fourth-order valence-electron chi connectivity index (χ4n) is 2.41. The van der Waals surface area contributed by atoms with Crippen molar-refractivity contribution in [3.8, 4) is 0 Å². The van der Waals surface area contributed by atoms with Gasteiger partial charge in [-0.05, 0) is 24.5 Å². The molecule has 0 amide bonds. The van der Waals surface area contributed by atoms with Gasteiger partial charge < -0.3 is 15.2 Å². The summed E-state index contributed by atoms with van der Waals surface area (Å²) in [6.07, 6.45) is 4.61. The van der Waals surface area contributed by atoms with Crippen molar-refractivity contribution in [3.05, 3.63) is 34.9 Å². The Kier molecular flexibility index (Phi) is 6.11. The van der Waals surface area contributed by atoms with Crippen LogP contribution in [0.5, 0.6) is 0 Å². The Hall–Kier alpha value is -0.610. The summed E-state index contributed by atoms with van der Waals surface area (Å²) in [6.45, 7) is 1.39. The average Bonchev–Trinajstić information content (AvgIpc) is 2.92. The first-order valence-corrected chi connectivity index (χ1v) is 7.36. The van der Waals surface area contributed by atoms with E-state index in [1.807, 2.05) is 24.3 Å². The minimum Gasteiger partial charge on any atom is -0.389 e. The molecule has 0 aromatic heterocycles. The van der Waals surface area contributed by atoms with Crippen molar-refractivity contribution in [2.45, 2.75) is 44.4 Å². The summed E-state index contributed by atoms with van der Waals surface area (Å²) in [4.78, 5) is 0. The molecule has 1 aromatic rings. The largest absolute Gasteiger partial charge is 0.389 e. The quantitative estimate of drug-likeness (QED) is 0.808. The molecule has 1 aromatic carbocycles. The van der Waals surface area contributed by atoms with Crippen molar-refractivity contribution in [2.24, 2.45) is 0 Å². The molecule has 0 aliphatic heterocycles. The lowest BCUT2D eigenvalue weighted by molar-refractivity contribution is 0.0277. The number of nitrogens with one attached hydrogen (secondary N) is 1. The molecule has 1 atom stereocenters. The maximum absolute atomic E-state index is 9.84. The molecule has 106 valence electrons. The number of hydrogen-bond donors (Lipinski definition) is 2. The van der Waals surface area contributed by atoms with Crippen molar-refractivity contribution >= 4 is 11.6 Å². The minimum absolute atomic E-state index is 0.338. The predicted molar refractivity (Wildman–Crippen MR) is 77.4 cm³/mol. The summed E-state index contributed by atoms with van der Waals surface area (Å²) in [7, 11) is 0. The highest BCUT2D eigenvalue weighted by atomic mass is 35.5. The molecule has 0 bridgehead atoms. The van der Waals surface area contributed by atoms with Crippen molar-refractivity contribution in [1.82, 2.24) is 5.32 Å². The molecule has 19 heavy (non-hydrogen) atoms. The zero-order valence-electron chi connectivity index (χ0n) is 11.1. The standard InChI is InChI=1S/C15H22ClNO2/c16-15-8-4-1-5-12(15)10-19-11-14(18)9-17-13-6-2-3-7-13/h1,4-5,8,13-14,17-18H,2-3,6-7,9-11H2. The molecular formula is C15H22ClNO2. The molecule has 3 nitrogen and oxygen atoms in total. The Balaban J connectivity index is 1.61. The van der Waals surface area contributed by atoms with Crippen LogP contribution in [0.3, 0.4) is 0 Å². The Labute approximate surface area is 119 Å². The van der Waals surface area contributed by atoms with E-state index in [-0.39, 0.29) is 0 Å². The monoisotopic (exact) mass is 283 g/mol. The molecule has 1 aliphatic carbocycles. The number of hydrogen-bond acceptors (Lipinski definition) is 3. The smallest absolute Gasteiger partial charge is 0.0897 e. The predicted octanol–water partition coefficient (Wildman–Crippen LogP) is 2.75. The molecule has 2 N–H and O–H groups in total. The van der Waals surface area contributed by atoms with E-state index >= 15 is 0 Å². The summed E-state index contributed by atoms with van der Waals surface area (Å²) in [5.74, 6) is 0. The van der Waals surface area contributed by atoms with E-state index in [2.05, 4.69) is 5.32 Å². The fraction of sp³-hybridized carbons (Fsp3) is 0.600. The molecular weight excluding hydrogens is 262 g/mol. The molecule has 4 heteroatoms. The van der Waals surface area contributed by atoms with E-state index in [1.165, 1.54) is 25.7 Å². The zero-order chi connectivity index (χ0) is 13.5. The third-order valence-corrected chi connectivity index (χ3v) is 3.89. The van der Waals surface area contributed by atoms with E-state index in [1.54, 1.807) is 0 Å². The lowest BCUT2D eigenvalue weighted by Crippen LogP contribution is -2.36. The highest BCUT2D eigenvalue weighted by Gasteiger charge is 2.15. The van der Waals surface area contributed by atoms with E-state index in [0.717, 1.165) is 5.56 Å². The van der Waals surface area contributed by atoms with Crippen LogP contribution in [-0.2, 0) is 11.3 Å². The molecule has 0 spiro atoms. The topological polar surface area (TPSA) is 41.5 Å². The Morgan fingerprint density at radius 2 is 2.05 bits per heavy atom. The van der Waals surface area contributed by atoms with Gasteiger partial charge in [0.25, 0.3) is 0 Å². The molecule has 0 heterocycles. The maximum Gasteiger partial charge on any atom is 0.0897 e. The second kappa shape index (κ2) is 7.85. The highest BCUT2D eigenvalue weighted by Crippen LogP contribution is 2.17. The number of ether oxygens (including phenoxy) is 1. The van der Waals surface area contributed by atoms with Crippen molar-refractivity contribution < 1.29 is 9.84 Å². The summed E-state index contributed by atoms with van der Waals surface area (Å²) < 4.78 is 5.50. The Morgan fingerprint density at radius 3 is 2.79 bits per heavy atom. The second-order valence-corrected chi connectivity index (χ2v) is 5.56. The summed E-state index contributed by atoms with van der Waals surface area (Å²) in [5, 5.41) is 13.9. The van der Waals surface area contributed by atoms with Crippen LogP contribution in [0.1, 0.15) is 31.2 Å². The van der Waals surface area contributed by atoms with Gasteiger partial charge >= 0.3 is 0 Å². The lowest BCUT2D eigenvalue weighted by atomic mass is 10.2. The van der Waals surface area contributed by atoms with Gasteiger partial charge in [0.2, 0.25) is 0 Å². The number of benzene rings is 1. The zero-order valence-corrected chi connectivity index (χ0v) is 11.9. The van der Waals surface area contributed by atoms with Gasteiger partial charge in [0.05, 0.1) is 19.3 Å². The highest BCUT2D eigenvalue weighted by molar-refractivity contribution is 6.31. The summed E-state index contributed by atoms with van der Waals surface area (Å²) in [5.41, 5.74) is 0.958. The van der Waals surface area contributed by atoms with Gasteiger partial charge in [-0.2, -0.15) is 0 Å². The van der Waals surface area contributed by atoms with Gasteiger partial charge in [-0.1, -0.05) is 42.6 Å². The first-order valence-electron chi connectivity index (χ1n) is 6.98. The van der Waals surface area contributed by atoms with Crippen molar-refractivity contribution in [1.29, 1.82) is 0 Å². The van der Waals surface area contributed by atoms with Crippen LogP contribution < -0.4 is 5.32 Å². The minimum atomic E-state index is -0.455. The van der Waals surface area contributed by atoms with Gasteiger partial charge in [-0.15, -0.1) is 0 Å². The number of rotatable bonds is 7. The lowest BCUT2D eigenvalue weighted by Gasteiger charge is -2.16. The van der Waals surface area contributed by atoms with Gasteiger partial charge in [-0.3, -0.25) is 0 Å². The normalized spacial score (nSPS) is 17.8. The van der Waals surface area contributed by atoms with Gasteiger partial charge in [0.1, 0.15) is 0 Å². The van der Waals surface area contributed by atoms with Gasteiger partial charge in [0.15, 0.2) is 0 Å². The van der Waals surface area contributed by atoms with Crippen LogP contribution >= 0.6 is 11.6 Å². The maximum atomic E-state index is 9.84. The number of aliphatic hydroxyl groups is 1. The van der Waals surface area contributed by atoms with Crippen LogP contribution in [0.2, 0.25) is 5.02 Å². The van der Waals surface area contributed by atoms with Crippen LogP contribution in [0.4, 0.5) is 0 Å². The number of halogens is 1. The van der Waals surface area contributed by atoms with Gasteiger partial charge in [-0.25, -0.2) is 0 Å². The van der Waals surface area contributed by atoms with E-state index in [9.17, 15) is 5.11 Å². The first-order chi connectivity index (χ1) is 9.25. The average molecular weight is 284 g/mol. The Morgan fingerprint density at radius 1 is 1.32 bits per heavy atom. The SMILES string of the molecule is OC(CNC1CCCC1)COCc1ccccc1Cl. The van der Waals surface area contributed by atoms with Gasteiger partial charge in [0, 0.05) is 17.6 Å². The molecule has 1 aliphatic rings. The molecule has 2 rings (SSSR count).